The molecule has 1 N–H and O–H groups in total. The van der Waals surface area contributed by atoms with Crippen molar-refractivity contribution in [1.29, 1.82) is 0 Å². The molecule has 1 aromatic heterocycles. The fourth-order valence-electron chi connectivity index (χ4n) is 3.32. The first-order chi connectivity index (χ1) is 10.9. The number of nitrogens with one attached hydrogen (secondary N) is 1. The molecule has 1 atom stereocenters. The van der Waals surface area contributed by atoms with Crippen LogP contribution in [0.2, 0.25) is 0 Å². The predicted octanol–water partition coefficient (Wildman–Crippen LogP) is 1.98. The van der Waals surface area contributed by atoms with E-state index in [1.807, 2.05) is 11.3 Å². The number of nitrogens with zero attached hydrogens (tertiary/aromatic N) is 1. The van der Waals surface area contributed by atoms with Gasteiger partial charge in [-0.2, -0.15) is 0 Å². The molecular formula is C16H26N2O3S2. The lowest BCUT2D eigenvalue weighted by Gasteiger charge is -2.53. The van der Waals surface area contributed by atoms with Gasteiger partial charge in [-0.05, 0) is 49.6 Å². The van der Waals surface area contributed by atoms with Gasteiger partial charge < -0.3 is 4.74 Å². The summed E-state index contributed by atoms with van der Waals surface area (Å²) in [6, 6.07) is 2.18. The number of thiophene rings is 1. The standard InChI is InChI=1S/C16H26N2O3S2/c1-3-23(19,20)17-8-14-4-6-16(21-10-14)11-18(12-16)9-15-13(2)5-7-22-15/h5,7,14,17H,3-4,6,8-12H2,1-2H3/t14-/m1/s1. The summed E-state index contributed by atoms with van der Waals surface area (Å²) in [6.07, 6.45) is 2.07. The average Bonchev–Trinajstić information content (AvgIpc) is 2.90. The molecule has 0 aromatic carbocycles. The molecule has 1 spiro atoms. The van der Waals surface area contributed by atoms with E-state index >= 15 is 0 Å². The van der Waals surface area contributed by atoms with Crippen molar-refractivity contribution in [3.05, 3.63) is 21.9 Å². The van der Waals surface area contributed by atoms with Crippen LogP contribution < -0.4 is 4.72 Å². The largest absolute Gasteiger partial charge is 0.372 e. The summed E-state index contributed by atoms with van der Waals surface area (Å²) < 4.78 is 31.8. The van der Waals surface area contributed by atoms with Gasteiger partial charge in [0.1, 0.15) is 0 Å². The lowest BCUT2D eigenvalue weighted by Crippen LogP contribution is -2.64. The van der Waals surface area contributed by atoms with Crippen molar-refractivity contribution in [2.24, 2.45) is 5.92 Å². The molecule has 0 saturated carbocycles. The molecule has 3 rings (SSSR count). The number of sulfonamides is 1. The molecule has 2 aliphatic heterocycles. The Morgan fingerprint density at radius 1 is 1.48 bits per heavy atom. The molecule has 1 aromatic rings. The van der Waals surface area contributed by atoms with Gasteiger partial charge in [0.25, 0.3) is 0 Å². The summed E-state index contributed by atoms with van der Waals surface area (Å²) in [5.74, 6) is 0.442. The van der Waals surface area contributed by atoms with E-state index in [4.69, 9.17) is 4.74 Å². The lowest BCUT2D eigenvalue weighted by molar-refractivity contribution is -0.180. The molecule has 2 fully saturated rings. The van der Waals surface area contributed by atoms with Gasteiger partial charge >= 0.3 is 0 Å². The Morgan fingerprint density at radius 3 is 2.83 bits per heavy atom. The summed E-state index contributed by atoms with van der Waals surface area (Å²) >= 11 is 1.83. The molecule has 0 bridgehead atoms. The topological polar surface area (TPSA) is 58.6 Å². The second-order valence-electron chi connectivity index (χ2n) is 6.82. The number of aryl methyl sites for hydroxylation is 1. The minimum absolute atomic E-state index is 0.0191. The molecule has 7 heteroatoms. The third-order valence-electron chi connectivity index (χ3n) is 4.96. The van der Waals surface area contributed by atoms with Crippen molar-refractivity contribution in [2.75, 3.05) is 32.0 Å². The van der Waals surface area contributed by atoms with Crippen LogP contribution in [0.15, 0.2) is 11.4 Å². The average molecular weight is 359 g/mol. The minimum Gasteiger partial charge on any atom is -0.372 e. The quantitative estimate of drug-likeness (QED) is 0.845. The van der Waals surface area contributed by atoms with Gasteiger partial charge in [0.05, 0.1) is 18.0 Å². The van der Waals surface area contributed by atoms with Gasteiger partial charge in [-0.25, -0.2) is 13.1 Å². The van der Waals surface area contributed by atoms with Crippen molar-refractivity contribution in [3.8, 4) is 0 Å². The van der Waals surface area contributed by atoms with E-state index in [1.165, 1.54) is 10.4 Å². The van der Waals surface area contributed by atoms with Crippen molar-refractivity contribution >= 4 is 21.4 Å². The van der Waals surface area contributed by atoms with Crippen LogP contribution in [0.4, 0.5) is 0 Å². The maximum absolute atomic E-state index is 11.5. The first kappa shape index (κ1) is 17.4. The number of hydrogen-bond acceptors (Lipinski definition) is 5. The van der Waals surface area contributed by atoms with E-state index in [-0.39, 0.29) is 11.4 Å². The highest BCUT2D eigenvalue weighted by molar-refractivity contribution is 7.89. The second kappa shape index (κ2) is 6.80. The molecule has 0 unspecified atom stereocenters. The number of rotatable bonds is 6. The smallest absolute Gasteiger partial charge is 0.211 e. The maximum Gasteiger partial charge on any atom is 0.211 e. The Kier molecular flexibility index (Phi) is 5.13. The van der Waals surface area contributed by atoms with Crippen LogP contribution in [0.25, 0.3) is 0 Å². The Labute approximate surface area is 143 Å². The monoisotopic (exact) mass is 358 g/mol. The first-order valence-electron chi connectivity index (χ1n) is 8.28. The van der Waals surface area contributed by atoms with Crippen molar-refractivity contribution in [3.63, 3.8) is 0 Å². The Balaban J connectivity index is 1.41. The van der Waals surface area contributed by atoms with E-state index < -0.39 is 10.0 Å². The van der Waals surface area contributed by atoms with E-state index in [0.717, 1.165) is 32.5 Å². The molecule has 2 saturated heterocycles. The molecular weight excluding hydrogens is 332 g/mol. The fourth-order valence-corrected chi connectivity index (χ4v) is 4.97. The highest BCUT2D eigenvalue weighted by atomic mass is 32.2. The van der Waals surface area contributed by atoms with Crippen LogP contribution >= 0.6 is 11.3 Å². The third-order valence-corrected chi connectivity index (χ3v) is 7.34. The molecule has 3 heterocycles. The molecule has 23 heavy (non-hydrogen) atoms. The summed E-state index contributed by atoms with van der Waals surface area (Å²) in [5, 5.41) is 2.15. The number of likely N-dealkylation sites (tertiary alicyclic amines) is 1. The molecule has 0 amide bonds. The zero-order valence-corrected chi connectivity index (χ0v) is 15.5. The van der Waals surface area contributed by atoms with E-state index in [1.54, 1.807) is 6.92 Å². The molecule has 0 aliphatic carbocycles. The van der Waals surface area contributed by atoms with Crippen molar-refractivity contribution in [2.45, 2.75) is 38.8 Å². The number of hydrogen-bond donors (Lipinski definition) is 1. The van der Waals surface area contributed by atoms with E-state index in [0.29, 0.717) is 19.1 Å². The summed E-state index contributed by atoms with van der Waals surface area (Å²) in [5.41, 5.74) is 1.40. The van der Waals surface area contributed by atoms with Crippen LogP contribution in [0.1, 0.15) is 30.2 Å². The predicted molar refractivity (Wildman–Crippen MR) is 93.2 cm³/mol. The molecule has 5 nitrogen and oxygen atoms in total. The highest BCUT2D eigenvalue weighted by Gasteiger charge is 2.46. The second-order valence-corrected chi connectivity index (χ2v) is 9.92. The summed E-state index contributed by atoms with van der Waals surface area (Å²) in [6.45, 7) is 8.01. The highest BCUT2D eigenvalue weighted by Crippen LogP contribution is 2.37. The number of ether oxygens (including phenoxy) is 1. The summed E-state index contributed by atoms with van der Waals surface area (Å²) in [4.78, 5) is 3.89. The molecule has 0 radical (unpaired) electrons. The third kappa shape index (κ3) is 4.14. The van der Waals surface area contributed by atoms with Gasteiger partial charge in [-0.1, -0.05) is 0 Å². The van der Waals surface area contributed by atoms with Crippen LogP contribution in [0, 0.1) is 12.8 Å². The Bertz CT molecular complexity index is 626. The van der Waals surface area contributed by atoms with E-state index in [9.17, 15) is 8.42 Å². The van der Waals surface area contributed by atoms with Crippen LogP contribution in [-0.4, -0.2) is 50.9 Å². The van der Waals surface area contributed by atoms with Gasteiger partial charge in [-0.15, -0.1) is 11.3 Å². The van der Waals surface area contributed by atoms with Crippen LogP contribution in [-0.2, 0) is 21.3 Å². The van der Waals surface area contributed by atoms with Crippen LogP contribution in [0.3, 0.4) is 0 Å². The fraction of sp³-hybridized carbons (Fsp3) is 0.750. The Morgan fingerprint density at radius 2 is 2.26 bits per heavy atom. The molecule has 2 aliphatic rings. The van der Waals surface area contributed by atoms with Crippen molar-refractivity contribution in [1.82, 2.24) is 9.62 Å². The zero-order chi connectivity index (χ0) is 16.5. The van der Waals surface area contributed by atoms with Crippen molar-refractivity contribution < 1.29 is 13.2 Å². The maximum atomic E-state index is 11.5. The van der Waals surface area contributed by atoms with Gasteiger partial charge in [-0.3, -0.25) is 4.90 Å². The normalized spacial score (nSPS) is 24.7. The van der Waals surface area contributed by atoms with Gasteiger partial charge in [0, 0.05) is 31.1 Å². The van der Waals surface area contributed by atoms with Gasteiger partial charge in [0.15, 0.2) is 0 Å². The Hall–Kier alpha value is -0.470. The zero-order valence-electron chi connectivity index (χ0n) is 13.9. The molecule has 130 valence electrons. The SMILES string of the molecule is CCS(=O)(=O)NC[C@H]1CCC2(CN(Cc3sccc3C)C2)OC1. The van der Waals surface area contributed by atoms with Gasteiger partial charge in [0.2, 0.25) is 10.0 Å². The van der Waals surface area contributed by atoms with Crippen LogP contribution in [0.5, 0.6) is 0 Å². The lowest BCUT2D eigenvalue weighted by atomic mass is 9.83. The minimum atomic E-state index is -3.09. The first-order valence-corrected chi connectivity index (χ1v) is 10.8. The van der Waals surface area contributed by atoms with E-state index in [2.05, 4.69) is 28.0 Å². The summed E-state index contributed by atoms with van der Waals surface area (Å²) in [7, 11) is -3.09.